The van der Waals surface area contributed by atoms with Gasteiger partial charge in [0.15, 0.2) is 5.78 Å². The average Bonchev–Trinajstić information content (AvgIpc) is 2.94. The Hall–Kier alpha value is -2.29. The van der Waals surface area contributed by atoms with E-state index in [1.807, 2.05) is 13.0 Å². The van der Waals surface area contributed by atoms with Gasteiger partial charge in [-0.15, -0.1) is 0 Å². The average molecular weight is 280 g/mol. The smallest absolute Gasteiger partial charge is 0.170 e. The molecule has 0 heterocycles. The van der Waals surface area contributed by atoms with Crippen LogP contribution in [0, 0.1) is 12.3 Å². The van der Waals surface area contributed by atoms with E-state index in [9.17, 15) is 15.0 Å². The monoisotopic (exact) mass is 280 g/mol. The third-order valence-corrected chi connectivity index (χ3v) is 5.06. The summed E-state index contributed by atoms with van der Waals surface area (Å²) in [5.41, 5.74) is 4.35. The van der Waals surface area contributed by atoms with Gasteiger partial charge in [-0.3, -0.25) is 4.79 Å². The van der Waals surface area contributed by atoms with Crippen molar-refractivity contribution < 1.29 is 15.0 Å². The highest BCUT2D eigenvalue weighted by Gasteiger charge is 2.49. The van der Waals surface area contributed by atoms with Gasteiger partial charge in [0.1, 0.15) is 11.5 Å². The summed E-state index contributed by atoms with van der Waals surface area (Å²) in [5.74, 6) is 0.686. The molecule has 3 nitrogen and oxygen atoms in total. The number of hydrogen-bond donors (Lipinski definition) is 2. The maximum absolute atomic E-state index is 12.9. The number of Topliss-reactive ketones (excluding diaryl/α,β-unsaturated/α-hetero) is 1. The van der Waals surface area contributed by atoms with E-state index in [0.717, 1.165) is 34.2 Å². The van der Waals surface area contributed by atoms with Crippen LogP contribution in [0.1, 0.15) is 32.6 Å². The first-order valence-corrected chi connectivity index (χ1v) is 7.17. The fourth-order valence-corrected chi connectivity index (χ4v) is 3.92. The normalized spacial score (nSPS) is 22.6. The number of phenolic OH excluding ortho intramolecular Hbond substituents is 2. The van der Waals surface area contributed by atoms with Crippen LogP contribution in [0.5, 0.6) is 11.5 Å². The zero-order valence-electron chi connectivity index (χ0n) is 11.8. The van der Waals surface area contributed by atoms with E-state index in [0.29, 0.717) is 12.8 Å². The molecule has 0 aliphatic heterocycles. The lowest BCUT2D eigenvalue weighted by Gasteiger charge is -2.20. The van der Waals surface area contributed by atoms with Gasteiger partial charge in [0.05, 0.1) is 0 Å². The van der Waals surface area contributed by atoms with Crippen molar-refractivity contribution in [2.45, 2.75) is 26.2 Å². The molecule has 3 heteroatoms. The Morgan fingerprint density at radius 2 is 1.76 bits per heavy atom. The van der Waals surface area contributed by atoms with Crippen LogP contribution in [0.15, 0.2) is 30.3 Å². The number of benzene rings is 2. The standard InChI is InChI=1S/C18H16O3/c1-10-15-9-18(17(21)14(15)4-5-16(10)20)7-11-2-3-13(19)6-12(11)8-18/h2-6,19-20H,7-9H2,1H3. The Bertz CT molecular complexity index is 791. The molecular formula is C18H16O3. The van der Waals surface area contributed by atoms with Gasteiger partial charge in [-0.25, -0.2) is 0 Å². The third-order valence-electron chi connectivity index (χ3n) is 5.06. The molecular weight excluding hydrogens is 264 g/mol. The van der Waals surface area contributed by atoms with Crippen LogP contribution in [-0.2, 0) is 19.3 Å². The van der Waals surface area contributed by atoms with Gasteiger partial charge in [-0.05, 0) is 72.7 Å². The number of carbonyl (C=O) groups is 1. The zero-order valence-corrected chi connectivity index (χ0v) is 11.8. The van der Waals surface area contributed by atoms with E-state index in [1.165, 1.54) is 0 Å². The van der Waals surface area contributed by atoms with Crippen molar-refractivity contribution in [2.24, 2.45) is 5.41 Å². The number of carbonyl (C=O) groups excluding carboxylic acids is 1. The SMILES string of the molecule is Cc1c(O)ccc2c1CC1(Cc3ccc(O)cc3C1)C2=O. The van der Waals surface area contributed by atoms with E-state index >= 15 is 0 Å². The van der Waals surface area contributed by atoms with Gasteiger partial charge in [-0.2, -0.15) is 0 Å². The summed E-state index contributed by atoms with van der Waals surface area (Å²) in [6, 6.07) is 8.72. The molecule has 0 saturated carbocycles. The molecule has 0 saturated heterocycles. The summed E-state index contributed by atoms with van der Waals surface area (Å²) in [7, 11) is 0. The topological polar surface area (TPSA) is 57.5 Å². The number of hydrogen-bond acceptors (Lipinski definition) is 3. The number of ketones is 1. The molecule has 0 aromatic heterocycles. The van der Waals surface area contributed by atoms with Crippen molar-refractivity contribution in [1.29, 1.82) is 0 Å². The van der Waals surface area contributed by atoms with Gasteiger partial charge in [-0.1, -0.05) is 6.07 Å². The molecule has 2 aliphatic rings. The van der Waals surface area contributed by atoms with Crippen LogP contribution >= 0.6 is 0 Å². The Morgan fingerprint density at radius 3 is 2.57 bits per heavy atom. The maximum Gasteiger partial charge on any atom is 0.170 e. The van der Waals surface area contributed by atoms with Crippen molar-refractivity contribution in [1.82, 2.24) is 0 Å². The Labute approximate surface area is 122 Å². The first-order valence-electron chi connectivity index (χ1n) is 7.17. The summed E-state index contributed by atoms with van der Waals surface area (Å²) in [4.78, 5) is 12.9. The van der Waals surface area contributed by atoms with Crippen molar-refractivity contribution in [3.8, 4) is 11.5 Å². The lowest BCUT2D eigenvalue weighted by Crippen LogP contribution is -2.28. The van der Waals surface area contributed by atoms with Crippen LogP contribution in [0.3, 0.4) is 0 Å². The summed E-state index contributed by atoms with van der Waals surface area (Å²) < 4.78 is 0. The van der Waals surface area contributed by atoms with Crippen LogP contribution in [0.2, 0.25) is 0 Å². The number of fused-ring (bicyclic) bond motifs is 2. The molecule has 0 radical (unpaired) electrons. The molecule has 21 heavy (non-hydrogen) atoms. The van der Waals surface area contributed by atoms with E-state index in [2.05, 4.69) is 0 Å². The second-order valence-electron chi connectivity index (χ2n) is 6.33. The second-order valence-corrected chi connectivity index (χ2v) is 6.33. The fraction of sp³-hybridized carbons (Fsp3) is 0.278. The second kappa shape index (κ2) is 3.88. The highest BCUT2D eigenvalue weighted by atomic mass is 16.3. The molecule has 0 fully saturated rings. The molecule has 2 aromatic carbocycles. The molecule has 4 rings (SSSR count). The summed E-state index contributed by atoms with van der Waals surface area (Å²) >= 11 is 0. The minimum atomic E-state index is -0.420. The van der Waals surface area contributed by atoms with Crippen molar-refractivity contribution in [3.63, 3.8) is 0 Å². The summed E-state index contributed by atoms with van der Waals surface area (Å²) in [6.45, 7) is 1.87. The number of rotatable bonds is 0. The van der Waals surface area contributed by atoms with Gasteiger partial charge in [0.25, 0.3) is 0 Å². The van der Waals surface area contributed by atoms with Gasteiger partial charge >= 0.3 is 0 Å². The molecule has 0 bridgehead atoms. The largest absolute Gasteiger partial charge is 0.508 e. The molecule has 2 N–H and O–H groups in total. The van der Waals surface area contributed by atoms with Crippen LogP contribution in [0.4, 0.5) is 0 Å². The van der Waals surface area contributed by atoms with E-state index in [4.69, 9.17) is 0 Å². The highest BCUT2D eigenvalue weighted by Crippen LogP contribution is 2.49. The van der Waals surface area contributed by atoms with E-state index < -0.39 is 5.41 Å². The molecule has 1 atom stereocenters. The summed E-state index contributed by atoms with van der Waals surface area (Å²) in [5, 5.41) is 19.5. The highest BCUT2D eigenvalue weighted by molar-refractivity contribution is 6.06. The Morgan fingerprint density at radius 1 is 1.00 bits per heavy atom. The van der Waals surface area contributed by atoms with E-state index in [1.54, 1.807) is 24.3 Å². The zero-order chi connectivity index (χ0) is 14.8. The van der Waals surface area contributed by atoms with E-state index in [-0.39, 0.29) is 17.3 Å². The predicted molar refractivity (Wildman–Crippen MR) is 78.8 cm³/mol. The minimum Gasteiger partial charge on any atom is -0.508 e. The molecule has 1 unspecified atom stereocenters. The van der Waals surface area contributed by atoms with Gasteiger partial charge in [0, 0.05) is 11.0 Å². The molecule has 0 amide bonds. The fourth-order valence-electron chi connectivity index (χ4n) is 3.92. The van der Waals surface area contributed by atoms with Gasteiger partial charge < -0.3 is 10.2 Å². The molecule has 106 valence electrons. The first kappa shape index (κ1) is 12.5. The Kier molecular flexibility index (Phi) is 2.30. The molecule has 1 spiro atoms. The lowest BCUT2D eigenvalue weighted by molar-refractivity contribution is 0.0831. The number of phenols is 2. The van der Waals surface area contributed by atoms with Crippen LogP contribution in [-0.4, -0.2) is 16.0 Å². The quantitative estimate of drug-likeness (QED) is 0.780. The van der Waals surface area contributed by atoms with Crippen LogP contribution in [0.25, 0.3) is 0 Å². The Balaban J connectivity index is 1.81. The lowest BCUT2D eigenvalue weighted by atomic mass is 9.80. The predicted octanol–water partition coefficient (Wildman–Crippen LogP) is 2.93. The van der Waals surface area contributed by atoms with Crippen molar-refractivity contribution >= 4 is 5.78 Å². The maximum atomic E-state index is 12.9. The summed E-state index contributed by atoms with van der Waals surface area (Å²) in [6.07, 6.45) is 2.07. The van der Waals surface area contributed by atoms with Crippen LogP contribution < -0.4 is 0 Å². The van der Waals surface area contributed by atoms with Crippen molar-refractivity contribution in [2.75, 3.05) is 0 Å². The molecule has 2 aliphatic carbocycles. The minimum absolute atomic E-state index is 0.177. The molecule has 2 aromatic rings. The third kappa shape index (κ3) is 1.57. The van der Waals surface area contributed by atoms with Gasteiger partial charge in [0.2, 0.25) is 0 Å². The first-order chi connectivity index (χ1) is 10.00. The van der Waals surface area contributed by atoms with Crippen molar-refractivity contribution in [3.05, 3.63) is 58.1 Å². The number of aromatic hydroxyl groups is 2.